The van der Waals surface area contributed by atoms with Crippen molar-refractivity contribution in [2.24, 2.45) is 0 Å². The molecule has 4 nitrogen and oxygen atoms in total. The lowest BCUT2D eigenvalue weighted by Crippen LogP contribution is -2.34. The first-order valence-electron chi connectivity index (χ1n) is 10.9. The smallest absolute Gasteiger partial charge is 0.318 e. The van der Waals surface area contributed by atoms with Crippen molar-refractivity contribution in [3.8, 4) is 0 Å². The van der Waals surface area contributed by atoms with Crippen molar-refractivity contribution in [1.82, 2.24) is 0 Å². The van der Waals surface area contributed by atoms with E-state index in [0.717, 1.165) is 35.6 Å². The van der Waals surface area contributed by atoms with Crippen LogP contribution >= 0.6 is 0 Å². The molecule has 31 heavy (non-hydrogen) atoms. The number of aliphatic carboxylic acids is 1. The van der Waals surface area contributed by atoms with Crippen molar-refractivity contribution in [3.63, 3.8) is 0 Å². The summed E-state index contributed by atoms with van der Waals surface area (Å²) in [6.07, 6.45) is 3.76. The molecule has 0 radical (unpaired) electrons. The van der Waals surface area contributed by atoms with Gasteiger partial charge in [0.2, 0.25) is 0 Å². The second-order valence-electron chi connectivity index (χ2n) is 8.59. The molecule has 0 aromatic heterocycles. The van der Waals surface area contributed by atoms with Crippen LogP contribution in [-0.4, -0.2) is 36.2 Å². The van der Waals surface area contributed by atoms with Crippen LogP contribution in [-0.2, 0) is 10.2 Å². The van der Waals surface area contributed by atoms with Gasteiger partial charge in [0.05, 0.1) is 0 Å². The molecule has 0 aliphatic heterocycles. The second-order valence-corrected chi connectivity index (χ2v) is 8.59. The standard InChI is InChI=1S/C27H36N2O2/c1-8-18-28(20(3)4)24-14-10-22(11-15-24)27(7,26(30)31)23-12-16-25(17-13-23)29(19-9-2)21(5)6/h8-17,20-21H,1-2,18-19H2,3-7H3,(H,30,31). The molecule has 0 amide bonds. The quantitative estimate of drug-likeness (QED) is 0.461. The fourth-order valence-electron chi connectivity index (χ4n) is 3.89. The molecular formula is C27H36N2O2. The Morgan fingerprint density at radius 3 is 1.39 bits per heavy atom. The minimum absolute atomic E-state index is 0.321. The topological polar surface area (TPSA) is 43.8 Å². The molecule has 0 heterocycles. The molecule has 4 heteroatoms. The summed E-state index contributed by atoms with van der Waals surface area (Å²) in [5.74, 6) is -0.869. The molecule has 0 atom stereocenters. The number of carbonyl (C=O) groups is 1. The van der Waals surface area contributed by atoms with Crippen molar-refractivity contribution in [1.29, 1.82) is 0 Å². The summed E-state index contributed by atoms with van der Waals surface area (Å²) < 4.78 is 0. The van der Waals surface area contributed by atoms with E-state index in [1.807, 2.05) is 60.7 Å². The lowest BCUT2D eigenvalue weighted by molar-refractivity contribution is -0.141. The lowest BCUT2D eigenvalue weighted by Gasteiger charge is -2.31. The molecule has 0 saturated carbocycles. The Morgan fingerprint density at radius 1 is 0.839 bits per heavy atom. The summed E-state index contributed by atoms with van der Waals surface area (Å²) >= 11 is 0. The molecule has 0 spiro atoms. The van der Waals surface area contributed by atoms with E-state index in [0.29, 0.717) is 12.1 Å². The molecule has 0 unspecified atom stereocenters. The predicted octanol–water partition coefficient (Wildman–Crippen LogP) is 5.88. The van der Waals surface area contributed by atoms with E-state index in [1.54, 1.807) is 6.92 Å². The number of benzene rings is 2. The molecule has 0 fully saturated rings. The van der Waals surface area contributed by atoms with Crippen LogP contribution in [0.1, 0.15) is 45.7 Å². The molecule has 0 saturated heterocycles. The van der Waals surface area contributed by atoms with Crippen molar-refractivity contribution < 1.29 is 9.90 Å². The normalized spacial score (nSPS) is 11.5. The zero-order valence-electron chi connectivity index (χ0n) is 19.5. The first-order valence-corrected chi connectivity index (χ1v) is 10.9. The van der Waals surface area contributed by atoms with Gasteiger partial charge in [-0.05, 0) is 70.0 Å². The zero-order valence-corrected chi connectivity index (χ0v) is 19.5. The Labute approximate surface area is 187 Å². The van der Waals surface area contributed by atoms with Gasteiger partial charge in [-0.2, -0.15) is 0 Å². The van der Waals surface area contributed by atoms with Crippen molar-refractivity contribution >= 4 is 17.3 Å². The number of nitrogens with zero attached hydrogens (tertiary/aromatic N) is 2. The zero-order chi connectivity index (χ0) is 23.2. The fourth-order valence-corrected chi connectivity index (χ4v) is 3.89. The van der Waals surface area contributed by atoms with E-state index in [4.69, 9.17) is 0 Å². The van der Waals surface area contributed by atoms with Gasteiger partial charge in [0.1, 0.15) is 5.41 Å². The van der Waals surface area contributed by atoms with Gasteiger partial charge in [-0.1, -0.05) is 36.4 Å². The van der Waals surface area contributed by atoms with Crippen molar-refractivity contribution in [2.75, 3.05) is 22.9 Å². The van der Waals surface area contributed by atoms with Gasteiger partial charge in [0.25, 0.3) is 0 Å². The molecular weight excluding hydrogens is 384 g/mol. The molecule has 0 aliphatic carbocycles. The summed E-state index contributed by atoms with van der Waals surface area (Å²) in [7, 11) is 0. The Morgan fingerprint density at radius 2 is 1.16 bits per heavy atom. The highest BCUT2D eigenvalue weighted by Gasteiger charge is 2.37. The number of carboxylic acids is 1. The summed E-state index contributed by atoms with van der Waals surface area (Å²) in [5, 5.41) is 10.2. The highest BCUT2D eigenvalue weighted by atomic mass is 16.4. The number of rotatable bonds is 11. The lowest BCUT2D eigenvalue weighted by atomic mass is 9.76. The van der Waals surface area contributed by atoms with Crippen LogP contribution < -0.4 is 9.80 Å². The number of carboxylic acid groups (broad SMARTS) is 1. The SMILES string of the molecule is C=CCN(c1ccc(C(C)(C(=O)O)c2ccc(N(CC=C)C(C)C)cc2)cc1)C(C)C. The monoisotopic (exact) mass is 420 g/mol. The fraction of sp³-hybridized carbons (Fsp3) is 0.370. The highest BCUT2D eigenvalue weighted by molar-refractivity contribution is 5.86. The summed E-state index contributed by atoms with van der Waals surface area (Å²) in [6.45, 7) is 19.5. The van der Waals surface area contributed by atoms with Crippen LogP contribution in [0.25, 0.3) is 0 Å². The van der Waals surface area contributed by atoms with E-state index >= 15 is 0 Å². The molecule has 1 N–H and O–H groups in total. The number of hydrogen-bond acceptors (Lipinski definition) is 3. The summed E-state index contributed by atoms with van der Waals surface area (Å²) in [4.78, 5) is 16.9. The van der Waals surface area contributed by atoms with Crippen LogP contribution in [0.3, 0.4) is 0 Å². The van der Waals surface area contributed by atoms with Crippen molar-refractivity contribution in [3.05, 3.63) is 85.0 Å². The van der Waals surface area contributed by atoms with Gasteiger partial charge >= 0.3 is 5.97 Å². The maximum absolute atomic E-state index is 12.4. The van der Waals surface area contributed by atoms with Crippen LogP contribution in [0.4, 0.5) is 11.4 Å². The van der Waals surface area contributed by atoms with Gasteiger partial charge in [-0.3, -0.25) is 4.79 Å². The Hall–Kier alpha value is -3.01. The van der Waals surface area contributed by atoms with Gasteiger partial charge in [0.15, 0.2) is 0 Å². The molecule has 2 aromatic rings. The summed E-state index contributed by atoms with van der Waals surface area (Å²) in [6, 6.07) is 16.3. The van der Waals surface area contributed by atoms with Crippen LogP contribution in [0.5, 0.6) is 0 Å². The molecule has 0 bridgehead atoms. The van der Waals surface area contributed by atoms with Gasteiger partial charge < -0.3 is 14.9 Å². The first-order chi connectivity index (χ1) is 14.7. The van der Waals surface area contributed by atoms with E-state index in [1.165, 1.54) is 0 Å². The summed E-state index contributed by atoms with van der Waals surface area (Å²) in [5.41, 5.74) is 2.48. The Balaban J connectivity index is 2.43. The number of anilines is 2. The predicted molar refractivity (Wildman–Crippen MR) is 132 cm³/mol. The van der Waals surface area contributed by atoms with E-state index in [2.05, 4.69) is 50.7 Å². The maximum atomic E-state index is 12.4. The molecule has 166 valence electrons. The largest absolute Gasteiger partial charge is 0.480 e. The second kappa shape index (κ2) is 10.3. The molecule has 2 rings (SSSR count). The molecule has 0 aliphatic rings. The Kier molecular flexibility index (Phi) is 8.09. The molecule has 2 aromatic carbocycles. The average Bonchev–Trinajstić information content (AvgIpc) is 2.75. The van der Waals surface area contributed by atoms with Crippen LogP contribution in [0.15, 0.2) is 73.8 Å². The van der Waals surface area contributed by atoms with Crippen molar-refractivity contribution in [2.45, 2.75) is 52.1 Å². The third kappa shape index (κ3) is 5.19. The minimum atomic E-state index is -1.14. The number of hydrogen-bond donors (Lipinski definition) is 1. The first kappa shape index (κ1) is 24.3. The van der Waals surface area contributed by atoms with E-state index in [9.17, 15) is 9.90 Å². The van der Waals surface area contributed by atoms with Crippen LogP contribution in [0.2, 0.25) is 0 Å². The highest BCUT2D eigenvalue weighted by Crippen LogP contribution is 2.35. The van der Waals surface area contributed by atoms with E-state index in [-0.39, 0.29) is 0 Å². The van der Waals surface area contributed by atoms with Gasteiger partial charge in [0, 0.05) is 36.5 Å². The van der Waals surface area contributed by atoms with Crippen LogP contribution in [0, 0.1) is 0 Å². The average molecular weight is 421 g/mol. The van der Waals surface area contributed by atoms with Gasteiger partial charge in [-0.25, -0.2) is 0 Å². The minimum Gasteiger partial charge on any atom is -0.480 e. The third-order valence-electron chi connectivity index (χ3n) is 5.88. The van der Waals surface area contributed by atoms with Gasteiger partial charge in [-0.15, -0.1) is 13.2 Å². The van der Waals surface area contributed by atoms with E-state index < -0.39 is 11.4 Å². The maximum Gasteiger partial charge on any atom is 0.318 e. The third-order valence-corrected chi connectivity index (χ3v) is 5.88. The Bertz CT molecular complexity index is 817.